The second-order valence-electron chi connectivity index (χ2n) is 7.98. The van der Waals surface area contributed by atoms with Gasteiger partial charge < -0.3 is 8.83 Å². The molecule has 0 aliphatic carbocycles. The lowest BCUT2D eigenvalue weighted by Gasteiger charge is -2.08. The Bertz CT molecular complexity index is 1680. The van der Waals surface area contributed by atoms with Crippen LogP contribution in [-0.2, 0) is 0 Å². The molecule has 0 N–H and O–H groups in total. The molecule has 35 heavy (non-hydrogen) atoms. The van der Waals surface area contributed by atoms with Crippen molar-refractivity contribution in [2.24, 2.45) is 0 Å². The molecule has 0 amide bonds. The van der Waals surface area contributed by atoms with E-state index in [1.54, 1.807) is 48.5 Å². The maximum atomic E-state index is 13.3. The minimum absolute atomic E-state index is 0.0613. The fourth-order valence-electron chi connectivity index (χ4n) is 3.84. The topological polar surface area (TPSA) is 112 Å². The summed E-state index contributed by atoms with van der Waals surface area (Å²) in [6.45, 7) is 1.28. The number of benzene rings is 3. The molecule has 2 aromatic heterocycles. The molecule has 170 valence electrons. The van der Waals surface area contributed by atoms with Gasteiger partial charge in [-0.25, -0.2) is 9.59 Å². The summed E-state index contributed by atoms with van der Waals surface area (Å²) in [5, 5.41) is 1.09. The van der Waals surface area contributed by atoms with Gasteiger partial charge in [0.2, 0.25) is 0 Å². The first-order valence-electron chi connectivity index (χ1n) is 10.6. The summed E-state index contributed by atoms with van der Waals surface area (Å²) in [5.41, 5.74) is -1.57. The van der Waals surface area contributed by atoms with Gasteiger partial charge >= 0.3 is 11.3 Å². The summed E-state index contributed by atoms with van der Waals surface area (Å²) in [6, 6.07) is 20.1. The summed E-state index contributed by atoms with van der Waals surface area (Å²) in [5.74, 6) is -1.83. The zero-order chi connectivity index (χ0) is 24.7. The highest BCUT2D eigenvalue weighted by atomic mass is 16.4. The van der Waals surface area contributed by atoms with Gasteiger partial charge in [-0.1, -0.05) is 36.4 Å². The van der Waals surface area contributed by atoms with E-state index in [1.807, 2.05) is 0 Å². The van der Waals surface area contributed by atoms with Crippen molar-refractivity contribution in [1.82, 2.24) is 0 Å². The molecular formula is C28H16O7. The molecule has 2 heterocycles. The van der Waals surface area contributed by atoms with Crippen molar-refractivity contribution in [3.63, 3.8) is 0 Å². The van der Waals surface area contributed by atoms with Gasteiger partial charge in [0.05, 0.1) is 0 Å². The molecule has 0 spiro atoms. The van der Waals surface area contributed by atoms with Crippen molar-refractivity contribution in [3.05, 3.63) is 128 Å². The Morgan fingerprint density at radius 1 is 0.571 bits per heavy atom. The van der Waals surface area contributed by atoms with E-state index in [2.05, 4.69) is 0 Å². The van der Waals surface area contributed by atoms with E-state index in [4.69, 9.17) is 8.83 Å². The molecule has 0 aliphatic heterocycles. The van der Waals surface area contributed by atoms with Crippen molar-refractivity contribution >= 4 is 39.3 Å². The Kier molecular flexibility index (Phi) is 5.30. The first-order valence-corrected chi connectivity index (χ1v) is 10.6. The van der Waals surface area contributed by atoms with Gasteiger partial charge in [-0.3, -0.25) is 14.4 Å². The highest BCUT2D eigenvalue weighted by Gasteiger charge is 2.22. The minimum Gasteiger partial charge on any atom is -0.422 e. The summed E-state index contributed by atoms with van der Waals surface area (Å²) >= 11 is 0. The Morgan fingerprint density at radius 3 is 1.40 bits per heavy atom. The van der Waals surface area contributed by atoms with E-state index in [9.17, 15) is 24.0 Å². The fraction of sp³-hybridized carbons (Fsp3) is 0.0357. The van der Waals surface area contributed by atoms with Crippen LogP contribution < -0.4 is 11.3 Å². The number of fused-ring (bicyclic) bond motifs is 2. The minimum atomic E-state index is -0.843. The van der Waals surface area contributed by atoms with Gasteiger partial charge in [-0.2, -0.15) is 0 Å². The van der Waals surface area contributed by atoms with Gasteiger partial charge in [-0.05, 0) is 49.4 Å². The molecule has 0 saturated heterocycles. The average Bonchev–Trinajstić information content (AvgIpc) is 2.86. The Labute approximate surface area is 197 Å². The number of carbonyl (C=O) groups excluding carboxylic acids is 3. The Balaban J connectivity index is 1.64. The number of hydrogen-bond acceptors (Lipinski definition) is 7. The number of carbonyl (C=O) groups is 3. The first-order chi connectivity index (χ1) is 16.8. The van der Waals surface area contributed by atoms with E-state index in [1.165, 1.54) is 37.3 Å². The SMILES string of the molecule is CC(=O)c1cc(C(=O)c2cc3ccccc3oc2=O)cc(C(=O)c2cc3ccccc3oc2=O)c1. The first kappa shape index (κ1) is 21.9. The number of para-hydroxylation sites is 2. The lowest BCUT2D eigenvalue weighted by molar-refractivity contribution is 0.101. The van der Waals surface area contributed by atoms with Crippen LogP contribution >= 0.6 is 0 Å². The third kappa shape index (κ3) is 4.00. The largest absolute Gasteiger partial charge is 0.422 e. The zero-order valence-corrected chi connectivity index (χ0v) is 18.4. The molecule has 7 nitrogen and oxygen atoms in total. The van der Waals surface area contributed by atoms with E-state index >= 15 is 0 Å². The van der Waals surface area contributed by atoms with Crippen LogP contribution in [0.4, 0.5) is 0 Å². The molecule has 0 aliphatic rings. The van der Waals surface area contributed by atoms with Crippen molar-refractivity contribution in [1.29, 1.82) is 0 Å². The van der Waals surface area contributed by atoms with Gasteiger partial charge in [0.25, 0.3) is 0 Å². The van der Waals surface area contributed by atoms with Crippen molar-refractivity contribution in [3.8, 4) is 0 Å². The Hall–Kier alpha value is -4.91. The highest BCUT2D eigenvalue weighted by molar-refractivity contribution is 6.15. The molecule has 0 radical (unpaired) electrons. The molecule has 0 bridgehead atoms. The van der Waals surface area contributed by atoms with Crippen LogP contribution in [0.25, 0.3) is 21.9 Å². The predicted octanol–water partition coefficient (Wildman–Crippen LogP) is 4.56. The molecule has 0 saturated carbocycles. The molecule has 0 unspecified atom stereocenters. The second-order valence-corrected chi connectivity index (χ2v) is 7.98. The van der Waals surface area contributed by atoms with Crippen molar-refractivity contribution in [2.45, 2.75) is 6.92 Å². The summed E-state index contributed by atoms with van der Waals surface area (Å²) < 4.78 is 10.5. The quantitative estimate of drug-likeness (QED) is 0.277. The van der Waals surface area contributed by atoms with Crippen molar-refractivity contribution in [2.75, 3.05) is 0 Å². The number of hydrogen-bond donors (Lipinski definition) is 0. The third-order valence-corrected chi connectivity index (χ3v) is 5.64. The number of rotatable bonds is 5. The second kappa shape index (κ2) is 8.46. The molecule has 7 heteroatoms. The van der Waals surface area contributed by atoms with Gasteiger partial charge in [0.1, 0.15) is 22.3 Å². The summed E-state index contributed by atoms with van der Waals surface area (Å²) in [6.07, 6.45) is 0. The molecule has 0 fully saturated rings. The van der Waals surface area contributed by atoms with Gasteiger partial charge in [0.15, 0.2) is 17.3 Å². The Morgan fingerprint density at radius 2 is 0.971 bits per heavy atom. The zero-order valence-electron chi connectivity index (χ0n) is 18.4. The van der Waals surface area contributed by atoms with Gasteiger partial charge in [-0.15, -0.1) is 0 Å². The molecule has 5 aromatic rings. The molecule has 3 aromatic carbocycles. The van der Waals surface area contributed by atoms with Crippen LogP contribution in [0.1, 0.15) is 49.1 Å². The van der Waals surface area contributed by atoms with Crippen LogP contribution in [0, 0.1) is 0 Å². The standard InChI is InChI=1S/C28H16O7/c1-15(29)18-10-19(25(30)21-13-16-6-2-4-8-23(16)34-27(21)32)12-20(11-18)26(31)22-14-17-7-3-5-9-24(17)35-28(22)33/h2-14H,1H3. The fourth-order valence-corrected chi connectivity index (χ4v) is 3.84. The predicted molar refractivity (Wildman–Crippen MR) is 128 cm³/mol. The summed E-state index contributed by atoms with van der Waals surface area (Å²) in [7, 11) is 0. The van der Waals surface area contributed by atoms with Crippen LogP contribution in [0.3, 0.4) is 0 Å². The highest BCUT2D eigenvalue weighted by Crippen LogP contribution is 2.20. The van der Waals surface area contributed by atoms with Crippen LogP contribution in [0.15, 0.2) is 97.3 Å². The van der Waals surface area contributed by atoms with Crippen molar-refractivity contribution < 1.29 is 23.2 Å². The smallest absolute Gasteiger partial charge is 0.347 e. The number of Topliss-reactive ketones (excluding diaryl/α,β-unsaturated/α-hetero) is 1. The van der Waals surface area contributed by atoms with Crippen LogP contribution in [-0.4, -0.2) is 17.3 Å². The van der Waals surface area contributed by atoms with E-state index < -0.39 is 28.6 Å². The molecular weight excluding hydrogens is 448 g/mol. The maximum Gasteiger partial charge on any atom is 0.347 e. The van der Waals surface area contributed by atoms with Gasteiger partial charge in [0, 0.05) is 27.5 Å². The normalized spacial score (nSPS) is 11.0. The maximum absolute atomic E-state index is 13.3. The molecule has 5 rings (SSSR count). The van der Waals surface area contributed by atoms with Crippen LogP contribution in [0.2, 0.25) is 0 Å². The summed E-state index contributed by atoms with van der Waals surface area (Å²) in [4.78, 5) is 63.7. The van der Waals surface area contributed by atoms with Crippen LogP contribution in [0.5, 0.6) is 0 Å². The van der Waals surface area contributed by atoms with E-state index in [-0.39, 0.29) is 27.8 Å². The van der Waals surface area contributed by atoms with E-state index in [0.29, 0.717) is 21.9 Å². The average molecular weight is 464 g/mol. The number of ketones is 3. The molecule has 0 atom stereocenters. The monoisotopic (exact) mass is 464 g/mol. The lowest BCUT2D eigenvalue weighted by atomic mass is 9.94. The lowest BCUT2D eigenvalue weighted by Crippen LogP contribution is -2.18. The third-order valence-electron chi connectivity index (χ3n) is 5.64. The van der Waals surface area contributed by atoms with E-state index in [0.717, 1.165) is 0 Å².